The number of hydrogen-bond donors (Lipinski definition) is 2. The molecule has 1 aliphatic rings. The molecule has 0 saturated carbocycles. The molecule has 1 aliphatic carbocycles. The number of thiophene rings is 1. The van der Waals surface area contributed by atoms with Crippen molar-refractivity contribution in [1.82, 2.24) is 20.1 Å². The maximum absolute atomic E-state index is 12.4. The van der Waals surface area contributed by atoms with Crippen LogP contribution in [0, 0.1) is 17.2 Å². The van der Waals surface area contributed by atoms with Crippen LogP contribution in [0.15, 0.2) is 42.9 Å². The number of fused-ring (bicyclic) bond motifs is 1. The predicted molar refractivity (Wildman–Crippen MR) is 128 cm³/mol. The minimum atomic E-state index is -0.468. The maximum atomic E-state index is 12.4. The van der Waals surface area contributed by atoms with E-state index in [2.05, 4.69) is 26.8 Å². The van der Waals surface area contributed by atoms with E-state index in [0.29, 0.717) is 36.6 Å². The Kier molecular flexibility index (Phi) is 7.34. The molecule has 0 spiro atoms. The number of amides is 2. The first kappa shape index (κ1) is 23.2. The van der Waals surface area contributed by atoms with Gasteiger partial charge in [-0.1, -0.05) is 6.07 Å². The number of pyridine rings is 1. The van der Waals surface area contributed by atoms with Crippen molar-refractivity contribution >= 4 is 34.4 Å². The van der Waals surface area contributed by atoms with Gasteiger partial charge in [-0.3, -0.25) is 14.5 Å². The molecule has 0 saturated heterocycles. The van der Waals surface area contributed by atoms with Crippen LogP contribution in [0.2, 0.25) is 0 Å². The van der Waals surface area contributed by atoms with E-state index in [1.54, 1.807) is 35.4 Å². The van der Waals surface area contributed by atoms with E-state index in [4.69, 9.17) is 4.74 Å². The Morgan fingerprint density at radius 2 is 2.26 bits per heavy atom. The minimum Gasteiger partial charge on any atom is -0.449 e. The largest absolute Gasteiger partial charge is 0.449 e. The average molecular weight is 477 g/mol. The molecule has 0 fully saturated rings. The minimum absolute atomic E-state index is 0.161. The van der Waals surface area contributed by atoms with Gasteiger partial charge >= 0.3 is 6.09 Å². The van der Waals surface area contributed by atoms with E-state index in [-0.39, 0.29) is 11.8 Å². The zero-order valence-corrected chi connectivity index (χ0v) is 19.5. The highest BCUT2D eigenvalue weighted by Gasteiger charge is 2.27. The molecule has 0 radical (unpaired) electrons. The normalized spacial score (nSPS) is 14.9. The van der Waals surface area contributed by atoms with Gasteiger partial charge in [-0.15, -0.1) is 11.3 Å². The number of aromatic nitrogens is 3. The van der Waals surface area contributed by atoms with Crippen LogP contribution in [0.5, 0.6) is 0 Å². The van der Waals surface area contributed by atoms with Crippen LogP contribution in [0.25, 0.3) is 6.08 Å². The lowest BCUT2D eigenvalue weighted by Crippen LogP contribution is -2.28. The van der Waals surface area contributed by atoms with Gasteiger partial charge in [-0.05, 0) is 54.5 Å². The summed E-state index contributed by atoms with van der Waals surface area (Å²) < 4.78 is 7.10. The Labute approximate surface area is 201 Å². The van der Waals surface area contributed by atoms with Crippen LogP contribution in [-0.4, -0.2) is 33.4 Å². The Hall–Kier alpha value is -3.97. The maximum Gasteiger partial charge on any atom is 0.407 e. The van der Waals surface area contributed by atoms with Gasteiger partial charge in [0.05, 0.1) is 24.4 Å². The number of nitrogens with zero attached hydrogens (tertiary/aromatic N) is 4. The molecule has 0 bridgehead atoms. The highest BCUT2D eigenvalue weighted by molar-refractivity contribution is 7.16. The number of anilines is 1. The van der Waals surface area contributed by atoms with Crippen LogP contribution in [0.3, 0.4) is 0 Å². The smallest absolute Gasteiger partial charge is 0.407 e. The molecule has 10 heteroatoms. The molecule has 174 valence electrons. The van der Waals surface area contributed by atoms with E-state index in [9.17, 15) is 14.9 Å². The molecule has 1 atom stereocenters. The first-order chi connectivity index (χ1) is 16.5. The quantitative estimate of drug-likeness (QED) is 0.504. The van der Waals surface area contributed by atoms with E-state index < -0.39 is 6.09 Å². The fraction of sp³-hybridized carbons (Fsp3) is 0.292. The summed E-state index contributed by atoms with van der Waals surface area (Å²) in [5.41, 5.74) is 3.20. The summed E-state index contributed by atoms with van der Waals surface area (Å²) in [5, 5.41) is 19.9. The van der Waals surface area contributed by atoms with Crippen molar-refractivity contribution in [2.45, 2.75) is 25.8 Å². The third kappa shape index (κ3) is 5.68. The number of ether oxygens (including phenoxy) is 1. The Bertz CT molecular complexity index is 1240. The van der Waals surface area contributed by atoms with Crippen LogP contribution in [-0.2, 0) is 36.0 Å². The van der Waals surface area contributed by atoms with Gasteiger partial charge in [0.15, 0.2) is 0 Å². The van der Waals surface area contributed by atoms with E-state index in [1.807, 2.05) is 19.2 Å². The van der Waals surface area contributed by atoms with Gasteiger partial charge in [0.2, 0.25) is 5.91 Å². The molecule has 2 amide bonds. The zero-order valence-electron chi connectivity index (χ0n) is 18.7. The summed E-state index contributed by atoms with van der Waals surface area (Å²) in [4.78, 5) is 29.5. The van der Waals surface area contributed by atoms with Crippen molar-refractivity contribution in [2.24, 2.45) is 13.0 Å². The molecule has 9 nitrogen and oxygen atoms in total. The van der Waals surface area contributed by atoms with Crippen molar-refractivity contribution in [1.29, 1.82) is 5.26 Å². The predicted octanol–water partition coefficient (Wildman–Crippen LogP) is 3.43. The van der Waals surface area contributed by atoms with Crippen molar-refractivity contribution in [3.63, 3.8) is 0 Å². The summed E-state index contributed by atoms with van der Waals surface area (Å²) in [6.45, 7) is 0.644. The first-order valence-electron chi connectivity index (χ1n) is 10.8. The van der Waals surface area contributed by atoms with Gasteiger partial charge < -0.3 is 15.4 Å². The topological polar surface area (TPSA) is 122 Å². The molecule has 3 heterocycles. The fourth-order valence-electron chi connectivity index (χ4n) is 3.78. The molecule has 34 heavy (non-hydrogen) atoms. The van der Waals surface area contributed by atoms with Crippen molar-refractivity contribution in [2.75, 3.05) is 11.9 Å². The molecule has 2 N–H and O–H groups in total. The van der Waals surface area contributed by atoms with E-state index >= 15 is 0 Å². The molecule has 1 unspecified atom stereocenters. The lowest BCUT2D eigenvalue weighted by Gasteiger charge is -2.21. The number of rotatable bonds is 7. The van der Waals surface area contributed by atoms with Crippen molar-refractivity contribution in [3.8, 4) is 6.07 Å². The SMILES string of the molecule is Cn1nccc1CNC(=O)OCC1CCc2c(sc(NC(=O)/C=C/c3cccnc3)c2C#N)C1. The van der Waals surface area contributed by atoms with Gasteiger partial charge in [-0.25, -0.2) is 4.79 Å². The molecular weight excluding hydrogens is 452 g/mol. The number of hydrogen-bond acceptors (Lipinski definition) is 7. The van der Waals surface area contributed by atoms with Gasteiger partial charge in [0, 0.05) is 36.6 Å². The third-order valence-corrected chi connectivity index (χ3v) is 6.78. The second kappa shape index (κ2) is 10.8. The summed E-state index contributed by atoms with van der Waals surface area (Å²) in [6.07, 6.45) is 9.85. The Balaban J connectivity index is 1.31. The van der Waals surface area contributed by atoms with Gasteiger partial charge in [0.1, 0.15) is 11.1 Å². The number of carbonyl (C=O) groups excluding carboxylic acids is 2. The monoisotopic (exact) mass is 476 g/mol. The van der Waals surface area contributed by atoms with Gasteiger partial charge in [-0.2, -0.15) is 10.4 Å². The average Bonchev–Trinajstić information content (AvgIpc) is 3.42. The fourth-order valence-corrected chi connectivity index (χ4v) is 5.10. The van der Waals surface area contributed by atoms with Crippen molar-refractivity contribution in [3.05, 3.63) is 70.1 Å². The number of nitrogens with one attached hydrogen (secondary N) is 2. The molecule has 3 aromatic heterocycles. The molecule has 0 aliphatic heterocycles. The summed E-state index contributed by atoms with van der Waals surface area (Å²) >= 11 is 1.42. The number of aryl methyl sites for hydroxylation is 1. The van der Waals surface area contributed by atoms with Crippen LogP contribution < -0.4 is 10.6 Å². The highest BCUT2D eigenvalue weighted by Crippen LogP contribution is 2.39. The summed E-state index contributed by atoms with van der Waals surface area (Å²) in [5.74, 6) is -0.141. The summed E-state index contributed by atoms with van der Waals surface area (Å²) in [6, 6.07) is 7.72. The van der Waals surface area contributed by atoms with E-state index in [1.165, 1.54) is 17.4 Å². The second-order valence-electron chi connectivity index (χ2n) is 7.94. The number of carbonyl (C=O) groups is 2. The Morgan fingerprint density at radius 3 is 3.00 bits per heavy atom. The van der Waals surface area contributed by atoms with Crippen molar-refractivity contribution < 1.29 is 14.3 Å². The molecule has 3 aromatic rings. The molecule has 0 aromatic carbocycles. The van der Waals surface area contributed by atoms with Crippen LogP contribution >= 0.6 is 11.3 Å². The molecule has 4 rings (SSSR count). The lowest BCUT2D eigenvalue weighted by atomic mass is 9.88. The standard InChI is InChI=1S/C24H24N6O3S/c1-30-18(8-10-28-30)14-27-24(32)33-15-17-4-6-19-20(12-25)23(34-21(19)11-17)29-22(31)7-5-16-3-2-9-26-13-16/h2-3,5,7-10,13,17H,4,6,11,14-15H2,1H3,(H,27,32)(H,29,31)/b7-5+. The molecular formula is C24H24N6O3S. The van der Waals surface area contributed by atoms with Crippen LogP contribution in [0.1, 0.15) is 33.7 Å². The van der Waals surface area contributed by atoms with E-state index in [0.717, 1.165) is 28.1 Å². The lowest BCUT2D eigenvalue weighted by molar-refractivity contribution is -0.111. The number of alkyl carbamates (subject to hydrolysis) is 1. The van der Waals surface area contributed by atoms with Gasteiger partial charge in [0.25, 0.3) is 0 Å². The summed E-state index contributed by atoms with van der Waals surface area (Å²) in [7, 11) is 1.81. The Morgan fingerprint density at radius 1 is 1.38 bits per heavy atom. The third-order valence-electron chi connectivity index (χ3n) is 5.61. The zero-order chi connectivity index (χ0) is 23.9. The number of nitriles is 1. The first-order valence-corrected chi connectivity index (χ1v) is 11.7. The highest BCUT2D eigenvalue weighted by atomic mass is 32.1. The van der Waals surface area contributed by atoms with Crippen LogP contribution in [0.4, 0.5) is 9.80 Å². The second-order valence-corrected chi connectivity index (χ2v) is 9.04.